The van der Waals surface area contributed by atoms with Crippen molar-refractivity contribution in [3.63, 3.8) is 0 Å². The fraction of sp³-hybridized carbons (Fsp3) is 0.562. The summed E-state index contributed by atoms with van der Waals surface area (Å²) in [7, 11) is 0. The Balaban J connectivity index is 2.50. The zero-order valence-electron chi connectivity index (χ0n) is 12.0. The maximum atomic E-state index is 12.0. The van der Waals surface area contributed by atoms with Crippen molar-refractivity contribution in [3.8, 4) is 0 Å². The van der Waals surface area contributed by atoms with Crippen LogP contribution in [0.1, 0.15) is 48.2 Å². The highest BCUT2D eigenvalue weighted by atomic mass is 16.5. The van der Waals surface area contributed by atoms with Crippen molar-refractivity contribution in [1.82, 2.24) is 0 Å². The Kier molecular flexibility index (Phi) is 6.06. The van der Waals surface area contributed by atoms with Crippen LogP contribution >= 0.6 is 0 Å². The fourth-order valence-electron chi connectivity index (χ4n) is 2.05. The summed E-state index contributed by atoms with van der Waals surface area (Å²) < 4.78 is 5.53. The predicted octanol–water partition coefficient (Wildman–Crippen LogP) is 3.94. The van der Waals surface area contributed by atoms with Crippen molar-refractivity contribution in [2.75, 3.05) is 13.2 Å². The lowest BCUT2D eigenvalue weighted by molar-refractivity contribution is 0.0666. The van der Waals surface area contributed by atoms with Crippen molar-refractivity contribution >= 4 is 5.78 Å². The molecule has 0 radical (unpaired) electrons. The molecule has 18 heavy (non-hydrogen) atoms. The van der Waals surface area contributed by atoms with Gasteiger partial charge < -0.3 is 4.74 Å². The van der Waals surface area contributed by atoms with Crippen molar-refractivity contribution in [2.45, 2.75) is 40.5 Å². The number of carbonyl (C=O) groups excluding carboxylic acids is 1. The molecule has 1 aromatic rings. The molecule has 0 bridgehead atoms. The monoisotopic (exact) mass is 248 g/mol. The Morgan fingerprint density at radius 1 is 1.22 bits per heavy atom. The third kappa shape index (κ3) is 4.26. The molecule has 0 amide bonds. The lowest BCUT2D eigenvalue weighted by atomic mass is 10.0. The van der Waals surface area contributed by atoms with Gasteiger partial charge in [0.25, 0.3) is 0 Å². The molecule has 0 atom stereocenters. The maximum absolute atomic E-state index is 12.0. The normalized spacial score (nSPS) is 10.9. The molecule has 0 heterocycles. The van der Waals surface area contributed by atoms with Crippen LogP contribution in [-0.4, -0.2) is 19.0 Å². The van der Waals surface area contributed by atoms with Crippen LogP contribution in [0.3, 0.4) is 0 Å². The summed E-state index contributed by atoms with van der Waals surface area (Å²) in [6.07, 6.45) is 2.21. The second-order valence-electron chi connectivity index (χ2n) is 4.94. The molecule has 0 unspecified atom stereocenters. The Morgan fingerprint density at radius 3 is 2.44 bits per heavy atom. The third-order valence-electron chi connectivity index (χ3n) is 3.42. The van der Waals surface area contributed by atoms with E-state index in [0.29, 0.717) is 12.5 Å². The van der Waals surface area contributed by atoms with Crippen molar-refractivity contribution < 1.29 is 9.53 Å². The van der Waals surface area contributed by atoms with Gasteiger partial charge in [0.15, 0.2) is 5.78 Å². The third-order valence-corrected chi connectivity index (χ3v) is 3.42. The van der Waals surface area contributed by atoms with Crippen molar-refractivity contribution in [2.24, 2.45) is 5.92 Å². The molecule has 0 saturated carbocycles. The van der Waals surface area contributed by atoms with Gasteiger partial charge in [0.05, 0.1) is 0 Å². The highest BCUT2D eigenvalue weighted by Gasteiger charge is 2.10. The number of aryl methyl sites for hydroxylation is 2. The number of Topliss-reactive ketones (excluding diaryl/α,β-unsaturated/α-hetero) is 1. The predicted molar refractivity (Wildman–Crippen MR) is 75.1 cm³/mol. The molecule has 100 valence electrons. The summed E-state index contributed by atoms with van der Waals surface area (Å²) in [5, 5.41) is 0. The smallest absolute Gasteiger partial charge is 0.188 e. The van der Waals surface area contributed by atoms with Gasteiger partial charge in [0, 0.05) is 12.2 Å². The average Bonchev–Trinajstić information content (AvgIpc) is 2.34. The van der Waals surface area contributed by atoms with E-state index in [4.69, 9.17) is 4.74 Å². The Bertz CT molecular complexity index is 392. The number of ether oxygens (including phenoxy) is 1. The fourth-order valence-corrected chi connectivity index (χ4v) is 2.05. The zero-order chi connectivity index (χ0) is 13.5. The van der Waals surface area contributed by atoms with Crippen molar-refractivity contribution in [3.05, 3.63) is 34.9 Å². The second kappa shape index (κ2) is 7.32. The topological polar surface area (TPSA) is 26.3 Å². The van der Waals surface area contributed by atoms with Gasteiger partial charge in [-0.3, -0.25) is 4.79 Å². The van der Waals surface area contributed by atoms with Crippen LogP contribution in [0.15, 0.2) is 18.2 Å². The van der Waals surface area contributed by atoms with Crippen LogP contribution in [0.2, 0.25) is 0 Å². The number of hydrogen-bond acceptors (Lipinski definition) is 2. The molecule has 0 fully saturated rings. The lowest BCUT2D eigenvalue weighted by Gasteiger charge is -2.12. The van der Waals surface area contributed by atoms with E-state index >= 15 is 0 Å². The van der Waals surface area contributed by atoms with Gasteiger partial charge in [-0.1, -0.05) is 50.5 Å². The van der Waals surface area contributed by atoms with Gasteiger partial charge in [-0.15, -0.1) is 0 Å². The van der Waals surface area contributed by atoms with Crippen LogP contribution in [0.4, 0.5) is 0 Å². The van der Waals surface area contributed by atoms with Gasteiger partial charge in [-0.25, -0.2) is 0 Å². The Morgan fingerprint density at radius 2 is 1.89 bits per heavy atom. The molecule has 0 aromatic heterocycles. The minimum atomic E-state index is 0.0819. The van der Waals surface area contributed by atoms with E-state index in [0.717, 1.165) is 24.0 Å². The molecule has 2 nitrogen and oxygen atoms in total. The first kappa shape index (κ1) is 14.9. The summed E-state index contributed by atoms with van der Waals surface area (Å²) in [6, 6.07) is 5.91. The van der Waals surface area contributed by atoms with Crippen LogP contribution in [0, 0.1) is 19.8 Å². The van der Waals surface area contributed by atoms with Crippen LogP contribution in [0.5, 0.6) is 0 Å². The number of carbonyl (C=O) groups is 1. The summed E-state index contributed by atoms with van der Waals surface area (Å²) in [6.45, 7) is 9.20. The van der Waals surface area contributed by atoms with E-state index in [-0.39, 0.29) is 12.4 Å². The summed E-state index contributed by atoms with van der Waals surface area (Å²) in [5.74, 6) is 0.648. The van der Waals surface area contributed by atoms with Gasteiger partial charge in [-0.2, -0.15) is 0 Å². The lowest BCUT2D eigenvalue weighted by Crippen LogP contribution is -2.15. The average molecular weight is 248 g/mol. The first-order valence-electron chi connectivity index (χ1n) is 6.76. The van der Waals surface area contributed by atoms with E-state index in [1.54, 1.807) is 0 Å². The summed E-state index contributed by atoms with van der Waals surface area (Å²) in [5.41, 5.74) is 3.00. The van der Waals surface area contributed by atoms with E-state index in [9.17, 15) is 4.79 Å². The molecule has 1 rings (SSSR count). The van der Waals surface area contributed by atoms with Gasteiger partial charge in [0.1, 0.15) is 6.61 Å². The zero-order valence-corrected chi connectivity index (χ0v) is 12.0. The molecule has 0 saturated heterocycles. The molecule has 0 aliphatic heterocycles. The largest absolute Gasteiger partial charge is 0.373 e. The Labute approximate surface area is 110 Å². The molecule has 0 aliphatic rings. The quantitative estimate of drug-likeness (QED) is 0.683. The van der Waals surface area contributed by atoms with Crippen LogP contribution in [-0.2, 0) is 4.74 Å². The van der Waals surface area contributed by atoms with E-state index in [1.165, 1.54) is 5.56 Å². The molecule has 0 N–H and O–H groups in total. The summed E-state index contributed by atoms with van der Waals surface area (Å²) in [4.78, 5) is 12.0. The standard InChI is InChI=1S/C16H24O2/c1-5-14(6-2)10-18-11-16(17)15-8-7-12(3)9-13(15)4/h7-9,14H,5-6,10-11H2,1-4H3. The SMILES string of the molecule is CCC(CC)COCC(=O)c1ccc(C)cc1C. The molecule has 1 aromatic carbocycles. The number of ketones is 1. The molecular weight excluding hydrogens is 224 g/mol. The van der Waals surface area contributed by atoms with Crippen LogP contribution < -0.4 is 0 Å². The van der Waals surface area contributed by atoms with Crippen LogP contribution in [0.25, 0.3) is 0 Å². The molecule has 2 heteroatoms. The minimum Gasteiger partial charge on any atom is -0.373 e. The van der Waals surface area contributed by atoms with Gasteiger partial charge >= 0.3 is 0 Å². The van der Waals surface area contributed by atoms with Crippen molar-refractivity contribution in [1.29, 1.82) is 0 Å². The number of benzene rings is 1. The highest BCUT2D eigenvalue weighted by Crippen LogP contribution is 2.12. The minimum absolute atomic E-state index is 0.0819. The van der Waals surface area contributed by atoms with E-state index < -0.39 is 0 Å². The highest BCUT2D eigenvalue weighted by molar-refractivity contribution is 5.98. The first-order valence-corrected chi connectivity index (χ1v) is 6.76. The Hall–Kier alpha value is -1.15. The van der Waals surface area contributed by atoms with Gasteiger partial charge in [-0.05, 0) is 25.3 Å². The number of rotatable bonds is 7. The molecule has 0 spiro atoms. The maximum Gasteiger partial charge on any atom is 0.188 e. The first-order chi connectivity index (χ1) is 8.58. The molecule has 0 aliphatic carbocycles. The van der Waals surface area contributed by atoms with Gasteiger partial charge in [0.2, 0.25) is 0 Å². The van der Waals surface area contributed by atoms with E-state index in [1.807, 2.05) is 32.0 Å². The summed E-state index contributed by atoms with van der Waals surface area (Å²) >= 11 is 0. The number of hydrogen-bond donors (Lipinski definition) is 0. The second-order valence-corrected chi connectivity index (χ2v) is 4.94. The van der Waals surface area contributed by atoms with E-state index in [2.05, 4.69) is 13.8 Å². The molecular formula is C16H24O2.